The lowest BCUT2D eigenvalue weighted by Crippen LogP contribution is -2.32. The van der Waals surface area contributed by atoms with Gasteiger partial charge in [-0.2, -0.15) is 0 Å². The second-order valence-corrected chi connectivity index (χ2v) is 38.1. The number of aromatic nitrogens is 20. The second-order valence-electron chi connectivity index (χ2n) is 38.1. The Labute approximate surface area is 802 Å². The van der Waals surface area contributed by atoms with E-state index in [1.165, 1.54) is 22.2 Å². The van der Waals surface area contributed by atoms with Gasteiger partial charge in [-0.05, 0) is 104 Å². The highest BCUT2D eigenvalue weighted by Crippen LogP contribution is 2.34. The highest BCUT2D eigenvalue weighted by Gasteiger charge is 2.36. The summed E-state index contributed by atoms with van der Waals surface area (Å²) >= 11 is 0. The second kappa shape index (κ2) is 43.2. The van der Waals surface area contributed by atoms with Crippen LogP contribution in [0.1, 0.15) is 118 Å². The van der Waals surface area contributed by atoms with E-state index in [-0.39, 0.29) is 139 Å². The molecular weight excluding hydrogens is 1820 g/mol. The first-order valence-electron chi connectivity index (χ1n) is 48.0. The third-order valence-corrected chi connectivity index (χ3v) is 26.6. The maximum absolute atomic E-state index is 11.9. The van der Waals surface area contributed by atoms with Gasteiger partial charge in [-0.15, -0.1) is 0 Å². The Hall–Kier alpha value is -13.9. The molecular formula is C85H145N39O16. The van der Waals surface area contributed by atoms with Crippen LogP contribution in [0.4, 0.5) is 109 Å². The van der Waals surface area contributed by atoms with Crippen LogP contribution in [0.3, 0.4) is 0 Å². The van der Waals surface area contributed by atoms with Crippen LogP contribution in [0, 0.1) is 18.3 Å². The molecule has 0 bridgehead atoms. The van der Waals surface area contributed by atoms with Gasteiger partial charge in [-0.1, -0.05) is 20.8 Å². The van der Waals surface area contributed by atoms with Gasteiger partial charge < -0.3 is 136 Å². The Balaban J connectivity index is 0.000000131. The molecule has 12 aliphatic heterocycles. The van der Waals surface area contributed by atoms with Crippen molar-refractivity contribution < 1.29 is 30.6 Å². The monoisotopic (exact) mass is 1970 g/mol. The quantitative estimate of drug-likeness (QED) is 0.0456. The molecule has 10 aromatic heterocycles. The third-order valence-electron chi connectivity index (χ3n) is 26.6. The summed E-state index contributed by atoms with van der Waals surface area (Å²) in [7, 11) is 0. The van der Waals surface area contributed by atoms with Crippen LogP contribution in [-0.4, -0.2) is 221 Å². The van der Waals surface area contributed by atoms with Crippen molar-refractivity contribution in [2.24, 2.45) is 11.3 Å². The van der Waals surface area contributed by atoms with Gasteiger partial charge in [0.05, 0.1) is 56.9 Å². The van der Waals surface area contributed by atoms with E-state index in [2.05, 4.69) is 46.3 Å². The van der Waals surface area contributed by atoms with Gasteiger partial charge in [0.25, 0.3) is 55.6 Å². The predicted molar refractivity (Wildman–Crippen MR) is 540 cm³/mol. The molecule has 140 heavy (non-hydrogen) atoms. The van der Waals surface area contributed by atoms with E-state index in [1.807, 2.05) is 53.8 Å². The minimum absolute atomic E-state index is 0.00519. The number of nitrogens with one attached hydrogen (secondary N) is 3. The number of hydrogen-bond acceptors (Lipinski definition) is 35. The third kappa shape index (κ3) is 20.6. The smallest absolute Gasteiger partial charge is 0.292 e. The molecule has 4 unspecified atom stereocenters. The summed E-state index contributed by atoms with van der Waals surface area (Å²) in [6, 6.07) is 0.289. The molecule has 10 aromatic rings. The van der Waals surface area contributed by atoms with E-state index in [9.17, 15) is 58.2 Å². The Kier molecular flexibility index (Phi) is 31.9. The van der Waals surface area contributed by atoms with E-state index in [0.29, 0.717) is 110 Å². The molecule has 2 fully saturated rings. The number of nitrogen functional groups attached to an aromatic ring is 13. The molecule has 0 aromatic carbocycles. The van der Waals surface area contributed by atoms with Gasteiger partial charge in [0.15, 0.2) is 29.1 Å². The number of aliphatic hydroxyl groups excluding tert-OH is 6. The fourth-order valence-corrected chi connectivity index (χ4v) is 19.9. The van der Waals surface area contributed by atoms with Crippen molar-refractivity contribution in [2.45, 2.75) is 274 Å². The minimum Gasteiger partial charge on any atom is -0.395 e. The molecule has 22 rings (SSSR count). The number of β-amino-alcohol motifs (C(OH)–C–C–N with tert-alkyl or cyclic N) is 1. The fourth-order valence-electron chi connectivity index (χ4n) is 19.9. The molecule has 22 heterocycles. The lowest BCUT2D eigenvalue weighted by molar-refractivity contribution is 0.170. The predicted octanol–water partition coefficient (Wildman–Crippen LogP) is -5.37. The Morgan fingerprint density at radius 2 is 0.686 bits per heavy atom. The number of nitrogens with zero attached hydrogens (tertiary/aromatic N) is 23. The summed E-state index contributed by atoms with van der Waals surface area (Å²) in [4.78, 5) is 122. The molecule has 2 saturated heterocycles. The van der Waals surface area contributed by atoms with Crippen LogP contribution in [0.2, 0.25) is 0 Å². The molecule has 55 heteroatoms. The van der Waals surface area contributed by atoms with Crippen molar-refractivity contribution in [2.75, 3.05) is 177 Å². The number of aliphatic hydroxyl groups is 6. The van der Waals surface area contributed by atoms with E-state index >= 15 is 0 Å². The van der Waals surface area contributed by atoms with Crippen molar-refractivity contribution in [3.63, 3.8) is 0 Å². The van der Waals surface area contributed by atoms with Gasteiger partial charge in [0, 0.05) is 182 Å². The average Bonchev–Trinajstić information content (AvgIpc) is 1.60. The van der Waals surface area contributed by atoms with Crippen LogP contribution in [0.25, 0.3) is 0 Å². The molecule has 0 aliphatic carbocycles. The van der Waals surface area contributed by atoms with E-state index in [1.54, 1.807) is 63.3 Å². The first kappa shape index (κ1) is 103. The molecule has 35 N–H and O–H groups in total. The summed E-state index contributed by atoms with van der Waals surface area (Å²) in [5.74, 6) is 5.98. The van der Waals surface area contributed by atoms with Crippen LogP contribution in [0.15, 0.2) is 47.9 Å². The van der Waals surface area contributed by atoms with Gasteiger partial charge >= 0.3 is 0 Å². The van der Waals surface area contributed by atoms with Gasteiger partial charge in [-0.3, -0.25) is 94.8 Å². The Morgan fingerprint density at radius 3 is 1.13 bits per heavy atom. The van der Waals surface area contributed by atoms with Gasteiger partial charge in [0.1, 0.15) is 80.1 Å². The van der Waals surface area contributed by atoms with Crippen LogP contribution in [-0.2, 0) is 131 Å². The number of rotatable bonds is 15. The van der Waals surface area contributed by atoms with Crippen molar-refractivity contribution >= 4 is 109 Å². The van der Waals surface area contributed by atoms with Crippen LogP contribution < -0.4 is 161 Å². The standard InChI is InChI=1S/C10H18N4O3.C10H16N4O2.C10H16N4O.C9H16N4O2.C9H16N4O.C8H14N4O2.C8H14N4O.C8H13N3O.C7H12N4O.C6H10N4O2/c11-8-9(12(4-6-15)5-7-16)13-2-1-3-14(13)10(8)17;11-8-9(12-5-2-7(15)6-12)13-3-1-4-14(13)10(8)16;11-8-9(12-4-1-2-5-12)13-6-3-7-14(13)10(8)15;1-6(14)5-11-8-7(10)9(15)13-4-2-3-12(8)13;1-6(2)11-8-7(10)9(14)13-5-3-4-12(8)13;9-6-7(10-2-5-13)11-3-1-4-12(11)8(6)14;1-8(2)3-11-6(10)5(9)7(13)12(11)4-8;1-6-7(9)8(12)11-5-3-2-4-10(6)11;1-4-2-10-6(9)5(8)7(12)11(10)3-4;7-4-5(8)9-1-3(11)2-10(9)6(4)12/h15-16H,1-7,11H2;7,15H,1-6,11H2;1-7,11H2;6,11,14H,2-5,10H2,1H3;6,11H,3-5,10H2,1-2H3;10,13H,1-5,9H2;3-4,9-10H2,1-2H3;2-5,9H2,1H3;4H,2-3,8-9H2,1H3;3,11H,1-2,7-8H2. The van der Waals surface area contributed by atoms with Crippen LogP contribution in [0.5, 0.6) is 0 Å². The Morgan fingerprint density at radius 1 is 0.343 bits per heavy atom. The largest absolute Gasteiger partial charge is 0.395 e. The zero-order chi connectivity index (χ0) is 102. The molecule has 0 amide bonds. The number of nitrogens with two attached hydrogens (primary N) is 13. The molecule has 0 spiro atoms. The normalized spacial score (nSPS) is 18.0. The molecule has 776 valence electrons. The van der Waals surface area contributed by atoms with E-state index in [0.717, 1.165) is 205 Å². The summed E-state index contributed by atoms with van der Waals surface area (Å²) < 4.78 is 34.9. The van der Waals surface area contributed by atoms with Crippen molar-refractivity contribution in [1.29, 1.82) is 0 Å². The number of fused-ring (bicyclic) bond motifs is 10. The zero-order valence-corrected chi connectivity index (χ0v) is 81.1. The number of anilines is 19. The van der Waals surface area contributed by atoms with Crippen LogP contribution >= 0.6 is 0 Å². The first-order valence-corrected chi connectivity index (χ1v) is 48.0. The highest BCUT2D eigenvalue weighted by molar-refractivity contribution is 5.68. The summed E-state index contributed by atoms with van der Waals surface area (Å²) in [5.41, 5.74) is 76.0. The highest BCUT2D eigenvalue weighted by atomic mass is 16.3. The topological polar surface area (TPSA) is 775 Å². The summed E-state index contributed by atoms with van der Waals surface area (Å²) in [5, 5.41) is 63.8. The SMILES string of the molecule is CC(C)Nc1c(N)c(=O)n2n1CCC2.CC(O)CNc1c(N)c(=O)n2n1CCC2.CC1(C)Cn2c(N)c(N)c(=O)n2C1.CC1Cn2c(N)c(N)c(=O)n2C1.Cc1c(N)c(=O)n2n1CCCC2.Nc1c(N(CCO)CCO)n2n(c1=O)CCC2.Nc1c(N)n2n(c1=O)CC(O)C2.Nc1c(N2CCC(O)C2)n2n(c1=O)CCC2.Nc1c(N2CCCC2)n2n(c1=O)CCC2.Nc1c(NCCO)n2n(c1=O)CCC2. The lowest BCUT2D eigenvalue weighted by Gasteiger charge is -2.23. The first-order chi connectivity index (χ1) is 66.5. The zero-order valence-electron chi connectivity index (χ0n) is 81.1. The number of hydrogen-bond donors (Lipinski definition) is 22. The lowest BCUT2D eigenvalue weighted by atomic mass is 9.95. The molecule has 0 radical (unpaired) electrons. The fraction of sp³-hybridized carbons (Fsp3) is 0.647. The molecule has 12 aliphatic rings. The van der Waals surface area contributed by atoms with E-state index < -0.39 is 12.2 Å². The summed E-state index contributed by atoms with van der Waals surface area (Å²) in [6.45, 7) is 33.6. The van der Waals surface area contributed by atoms with Crippen molar-refractivity contribution in [1.82, 2.24) is 93.6 Å². The van der Waals surface area contributed by atoms with Crippen molar-refractivity contribution in [3.8, 4) is 0 Å². The van der Waals surface area contributed by atoms with E-state index in [4.69, 9.17) is 95.0 Å². The van der Waals surface area contributed by atoms with Crippen molar-refractivity contribution in [3.05, 3.63) is 109 Å². The summed E-state index contributed by atoms with van der Waals surface area (Å²) in [6.07, 6.45) is 9.99. The molecule has 55 nitrogen and oxygen atoms in total. The molecule has 4 atom stereocenters. The Bertz CT molecular complexity index is 6660. The minimum atomic E-state index is -0.527. The van der Waals surface area contributed by atoms with Gasteiger partial charge in [0.2, 0.25) is 0 Å². The maximum Gasteiger partial charge on any atom is 0.292 e. The van der Waals surface area contributed by atoms with Gasteiger partial charge in [-0.25, -0.2) is 46.8 Å². The average molecular weight is 1970 g/mol. The maximum atomic E-state index is 11.9. The molecule has 0 saturated carbocycles.